The summed E-state index contributed by atoms with van der Waals surface area (Å²) in [6.45, 7) is 7.97. The number of ketones is 3. The van der Waals surface area contributed by atoms with Crippen molar-refractivity contribution in [3.05, 3.63) is 35.1 Å². The summed E-state index contributed by atoms with van der Waals surface area (Å²) >= 11 is 0. The van der Waals surface area contributed by atoms with E-state index in [1.165, 1.54) is 0 Å². The molecular formula is C24H26O6. The molecule has 2 aliphatic carbocycles. The third-order valence-corrected chi connectivity index (χ3v) is 6.70. The van der Waals surface area contributed by atoms with E-state index in [9.17, 15) is 14.4 Å². The molecule has 5 rings (SSSR count). The molecule has 1 spiro atoms. The fourth-order valence-electron chi connectivity index (χ4n) is 5.43. The lowest BCUT2D eigenvalue weighted by atomic mass is 9.61. The van der Waals surface area contributed by atoms with Crippen LogP contribution in [0.1, 0.15) is 64.9 Å². The molecule has 0 aromatic heterocycles. The number of carbonyl (C=O) groups excluding carboxylic acids is 3. The summed E-state index contributed by atoms with van der Waals surface area (Å²) in [5, 5.41) is 0. The molecule has 0 radical (unpaired) electrons. The zero-order chi connectivity index (χ0) is 21.5. The van der Waals surface area contributed by atoms with Crippen LogP contribution in [0.25, 0.3) is 0 Å². The van der Waals surface area contributed by atoms with Crippen molar-refractivity contribution in [2.75, 3.05) is 6.79 Å². The highest BCUT2D eigenvalue weighted by Crippen LogP contribution is 2.57. The predicted molar refractivity (Wildman–Crippen MR) is 107 cm³/mol. The molecule has 2 heterocycles. The molecule has 0 saturated heterocycles. The topological polar surface area (TPSA) is 78.9 Å². The van der Waals surface area contributed by atoms with Gasteiger partial charge in [-0.25, -0.2) is 0 Å². The van der Waals surface area contributed by atoms with Crippen molar-refractivity contribution in [3.8, 4) is 11.5 Å². The fourth-order valence-corrected chi connectivity index (χ4v) is 5.43. The summed E-state index contributed by atoms with van der Waals surface area (Å²) in [4.78, 5) is 40.3. The van der Waals surface area contributed by atoms with Gasteiger partial charge in [0.25, 0.3) is 0 Å². The van der Waals surface area contributed by atoms with Crippen molar-refractivity contribution in [2.45, 2.75) is 64.9 Å². The Balaban J connectivity index is 1.69. The van der Waals surface area contributed by atoms with Crippen LogP contribution >= 0.6 is 0 Å². The first-order valence-corrected chi connectivity index (χ1v) is 10.4. The molecule has 30 heavy (non-hydrogen) atoms. The second-order valence-corrected chi connectivity index (χ2v) is 10.5. The normalized spacial score (nSPS) is 28.0. The van der Waals surface area contributed by atoms with Gasteiger partial charge in [-0.05, 0) is 28.5 Å². The van der Waals surface area contributed by atoms with Gasteiger partial charge >= 0.3 is 0 Å². The van der Waals surface area contributed by atoms with Crippen molar-refractivity contribution in [1.29, 1.82) is 0 Å². The van der Waals surface area contributed by atoms with Crippen LogP contribution in [-0.2, 0) is 19.1 Å². The average Bonchev–Trinajstić information content (AvgIpc) is 3.20. The highest BCUT2D eigenvalue weighted by atomic mass is 16.7. The average molecular weight is 410 g/mol. The smallest absolute Gasteiger partial charge is 0.234 e. The first-order valence-electron chi connectivity index (χ1n) is 10.4. The van der Waals surface area contributed by atoms with Crippen LogP contribution in [0.4, 0.5) is 0 Å². The molecule has 1 saturated carbocycles. The zero-order valence-corrected chi connectivity index (χ0v) is 17.8. The summed E-state index contributed by atoms with van der Waals surface area (Å²) in [5.74, 6) is 0.377. The van der Waals surface area contributed by atoms with E-state index in [2.05, 4.69) is 0 Å². The van der Waals surface area contributed by atoms with E-state index in [1.807, 2.05) is 33.8 Å². The maximum Gasteiger partial charge on any atom is 0.234 e. The van der Waals surface area contributed by atoms with Crippen LogP contribution in [0.5, 0.6) is 11.5 Å². The van der Waals surface area contributed by atoms with E-state index in [-0.39, 0.29) is 42.4 Å². The largest absolute Gasteiger partial charge is 0.474 e. The molecule has 1 atom stereocenters. The maximum absolute atomic E-state index is 13.5. The number of hydrogen-bond donors (Lipinski definition) is 0. The second kappa shape index (κ2) is 5.96. The molecular weight excluding hydrogens is 384 g/mol. The molecule has 0 amide bonds. The van der Waals surface area contributed by atoms with E-state index in [0.29, 0.717) is 41.2 Å². The SMILES string of the molecule is CC1(C)CC(=O)C2(OC3=C(C(=O)CC(C)(C)C3)[C@H]2c2ccc3c(c2)OCO3)C(=O)C1. The van der Waals surface area contributed by atoms with E-state index < -0.39 is 16.9 Å². The number of ether oxygens (including phenoxy) is 3. The lowest BCUT2D eigenvalue weighted by Crippen LogP contribution is -2.57. The van der Waals surface area contributed by atoms with Gasteiger partial charge in [-0.15, -0.1) is 0 Å². The standard InChI is InChI=1S/C24H26O6/c1-22(2)8-14(25)20-17(9-22)30-24(18(26)10-23(3,4)11-19(24)27)21(20)13-5-6-15-16(7-13)29-12-28-15/h5-7,21H,8-12H2,1-4H3/t21-/m1/s1. The molecule has 1 fully saturated rings. The number of benzene rings is 1. The Morgan fingerprint density at radius 2 is 1.47 bits per heavy atom. The number of hydrogen-bond acceptors (Lipinski definition) is 6. The molecule has 0 bridgehead atoms. The van der Waals surface area contributed by atoms with E-state index >= 15 is 0 Å². The minimum Gasteiger partial charge on any atom is -0.474 e. The van der Waals surface area contributed by atoms with Crippen LogP contribution in [0.15, 0.2) is 29.5 Å². The summed E-state index contributed by atoms with van der Waals surface area (Å²) in [6, 6.07) is 5.36. The molecule has 158 valence electrons. The first-order chi connectivity index (χ1) is 14.0. The third kappa shape index (κ3) is 2.65. The quantitative estimate of drug-likeness (QED) is 0.654. The molecule has 2 aliphatic heterocycles. The van der Waals surface area contributed by atoms with Gasteiger partial charge in [-0.2, -0.15) is 0 Å². The van der Waals surface area contributed by atoms with Crippen LogP contribution in [0.2, 0.25) is 0 Å². The monoisotopic (exact) mass is 410 g/mol. The number of rotatable bonds is 1. The molecule has 0 N–H and O–H groups in total. The number of Topliss-reactive ketones (excluding diaryl/α,β-unsaturated/α-hetero) is 3. The lowest BCUT2D eigenvalue weighted by molar-refractivity contribution is -0.160. The number of carbonyl (C=O) groups is 3. The molecule has 0 unspecified atom stereocenters. The van der Waals surface area contributed by atoms with Gasteiger partial charge in [0, 0.05) is 31.3 Å². The van der Waals surface area contributed by atoms with E-state index in [1.54, 1.807) is 12.1 Å². The van der Waals surface area contributed by atoms with Crippen LogP contribution < -0.4 is 9.47 Å². The Hall–Kier alpha value is -2.63. The molecule has 1 aromatic carbocycles. The van der Waals surface area contributed by atoms with Gasteiger partial charge in [-0.3, -0.25) is 14.4 Å². The van der Waals surface area contributed by atoms with Crippen molar-refractivity contribution >= 4 is 17.3 Å². The van der Waals surface area contributed by atoms with E-state index in [0.717, 1.165) is 0 Å². The van der Waals surface area contributed by atoms with Crippen LogP contribution in [0, 0.1) is 10.8 Å². The van der Waals surface area contributed by atoms with Crippen molar-refractivity contribution < 1.29 is 28.6 Å². The Labute approximate surface area is 175 Å². The van der Waals surface area contributed by atoms with Gasteiger partial charge in [0.2, 0.25) is 12.4 Å². The minimum atomic E-state index is -1.66. The minimum absolute atomic E-state index is 0.0498. The number of fused-ring (bicyclic) bond motifs is 1. The fraction of sp³-hybridized carbons (Fsp3) is 0.542. The first kappa shape index (κ1) is 19.3. The van der Waals surface area contributed by atoms with Gasteiger partial charge in [-0.1, -0.05) is 33.8 Å². The van der Waals surface area contributed by atoms with Crippen molar-refractivity contribution in [3.63, 3.8) is 0 Å². The molecule has 6 nitrogen and oxygen atoms in total. The lowest BCUT2D eigenvalue weighted by Gasteiger charge is -2.41. The molecule has 4 aliphatic rings. The highest BCUT2D eigenvalue weighted by molar-refractivity contribution is 6.17. The summed E-state index contributed by atoms with van der Waals surface area (Å²) in [7, 11) is 0. The Kier molecular flexibility index (Phi) is 3.84. The molecule has 6 heteroatoms. The zero-order valence-electron chi connectivity index (χ0n) is 17.8. The number of allylic oxidation sites excluding steroid dienone is 1. The van der Waals surface area contributed by atoms with Gasteiger partial charge in [0.15, 0.2) is 28.8 Å². The third-order valence-electron chi connectivity index (χ3n) is 6.70. The van der Waals surface area contributed by atoms with Crippen LogP contribution in [-0.4, -0.2) is 29.7 Å². The second-order valence-electron chi connectivity index (χ2n) is 10.5. The summed E-state index contributed by atoms with van der Waals surface area (Å²) < 4.78 is 17.2. The Morgan fingerprint density at radius 3 is 2.17 bits per heavy atom. The van der Waals surface area contributed by atoms with Gasteiger partial charge in [0.05, 0.1) is 5.92 Å². The van der Waals surface area contributed by atoms with Gasteiger partial charge < -0.3 is 14.2 Å². The van der Waals surface area contributed by atoms with Crippen molar-refractivity contribution in [2.24, 2.45) is 10.8 Å². The Morgan fingerprint density at radius 1 is 0.833 bits per heavy atom. The summed E-state index contributed by atoms with van der Waals surface area (Å²) in [6.07, 6.45) is 1.36. The maximum atomic E-state index is 13.5. The van der Waals surface area contributed by atoms with Gasteiger partial charge in [0.1, 0.15) is 5.76 Å². The van der Waals surface area contributed by atoms with Crippen LogP contribution in [0.3, 0.4) is 0 Å². The summed E-state index contributed by atoms with van der Waals surface area (Å²) in [5.41, 5.74) is -1.20. The van der Waals surface area contributed by atoms with E-state index in [4.69, 9.17) is 14.2 Å². The molecule has 1 aromatic rings. The highest BCUT2D eigenvalue weighted by Gasteiger charge is 2.65. The Bertz CT molecular complexity index is 1010. The van der Waals surface area contributed by atoms with Crippen molar-refractivity contribution in [1.82, 2.24) is 0 Å². The predicted octanol–water partition coefficient (Wildman–Crippen LogP) is 3.87.